The normalized spacial score (nSPS) is 12.7. The van der Waals surface area contributed by atoms with Crippen molar-refractivity contribution >= 4 is 11.0 Å². The standard InChI is InChI=1S/C16H17N3O/c1-10-4-3-5-11(8-10)15(17-2)12-6-7-13-14(9-12)19-16(20)18-13/h3-9,15,17H,1-2H3,(H2,18,19,20). The summed E-state index contributed by atoms with van der Waals surface area (Å²) in [5, 5.41) is 3.33. The van der Waals surface area contributed by atoms with Crippen LogP contribution < -0.4 is 11.0 Å². The second-order valence-corrected chi connectivity index (χ2v) is 5.02. The fourth-order valence-corrected chi connectivity index (χ4v) is 2.61. The Morgan fingerprint density at radius 3 is 2.50 bits per heavy atom. The summed E-state index contributed by atoms with van der Waals surface area (Å²) < 4.78 is 0. The molecule has 0 saturated carbocycles. The number of aryl methyl sites for hydroxylation is 1. The third kappa shape index (κ3) is 2.26. The van der Waals surface area contributed by atoms with E-state index >= 15 is 0 Å². The maximum absolute atomic E-state index is 11.3. The number of aromatic nitrogens is 2. The number of rotatable bonds is 3. The number of aromatic amines is 2. The van der Waals surface area contributed by atoms with Gasteiger partial charge in [0.25, 0.3) is 0 Å². The summed E-state index contributed by atoms with van der Waals surface area (Å²) >= 11 is 0. The number of imidazole rings is 1. The highest BCUT2D eigenvalue weighted by atomic mass is 16.1. The molecule has 0 saturated heterocycles. The maximum Gasteiger partial charge on any atom is 0.323 e. The van der Waals surface area contributed by atoms with E-state index in [-0.39, 0.29) is 11.7 Å². The summed E-state index contributed by atoms with van der Waals surface area (Å²) in [6, 6.07) is 14.5. The molecule has 0 bridgehead atoms. The number of hydrogen-bond donors (Lipinski definition) is 3. The molecule has 0 aliphatic carbocycles. The van der Waals surface area contributed by atoms with Gasteiger partial charge in [0.2, 0.25) is 0 Å². The maximum atomic E-state index is 11.3. The lowest BCUT2D eigenvalue weighted by atomic mass is 9.97. The van der Waals surface area contributed by atoms with Crippen LogP contribution >= 0.6 is 0 Å². The van der Waals surface area contributed by atoms with Crippen LogP contribution in [0.4, 0.5) is 0 Å². The molecule has 102 valence electrons. The van der Waals surface area contributed by atoms with Gasteiger partial charge in [0.15, 0.2) is 0 Å². The van der Waals surface area contributed by atoms with Crippen molar-refractivity contribution in [3.8, 4) is 0 Å². The van der Waals surface area contributed by atoms with Crippen molar-refractivity contribution in [3.05, 3.63) is 69.6 Å². The van der Waals surface area contributed by atoms with Gasteiger partial charge in [-0.25, -0.2) is 4.79 Å². The van der Waals surface area contributed by atoms with E-state index in [1.807, 2.05) is 25.2 Å². The van der Waals surface area contributed by atoms with Crippen molar-refractivity contribution in [3.63, 3.8) is 0 Å². The second kappa shape index (κ2) is 4.98. The minimum absolute atomic E-state index is 0.109. The van der Waals surface area contributed by atoms with Gasteiger partial charge in [-0.2, -0.15) is 0 Å². The predicted octanol–water partition coefficient (Wildman–Crippen LogP) is 2.47. The summed E-state index contributed by atoms with van der Waals surface area (Å²) in [6.07, 6.45) is 0. The third-order valence-electron chi connectivity index (χ3n) is 3.54. The Labute approximate surface area is 116 Å². The minimum Gasteiger partial charge on any atom is -0.309 e. The Kier molecular flexibility index (Phi) is 3.16. The SMILES string of the molecule is CNC(c1cccc(C)c1)c1ccc2[nH]c(=O)[nH]c2c1. The first-order chi connectivity index (χ1) is 9.67. The molecule has 0 amide bonds. The molecule has 0 radical (unpaired) electrons. The van der Waals surface area contributed by atoms with Crippen LogP contribution in [0.5, 0.6) is 0 Å². The first-order valence-corrected chi connectivity index (χ1v) is 6.63. The van der Waals surface area contributed by atoms with E-state index in [4.69, 9.17) is 0 Å². The molecule has 3 rings (SSSR count). The second-order valence-electron chi connectivity index (χ2n) is 5.02. The van der Waals surface area contributed by atoms with Gasteiger partial charge in [0, 0.05) is 0 Å². The zero-order valence-corrected chi connectivity index (χ0v) is 11.5. The first kappa shape index (κ1) is 12.7. The highest BCUT2D eigenvalue weighted by molar-refractivity contribution is 5.75. The molecule has 4 nitrogen and oxygen atoms in total. The smallest absolute Gasteiger partial charge is 0.309 e. The van der Waals surface area contributed by atoms with Gasteiger partial charge in [-0.15, -0.1) is 0 Å². The van der Waals surface area contributed by atoms with Gasteiger partial charge in [0.1, 0.15) is 0 Å². The van der Waals surface area contributed by atoms with Crippen LogP contribution in [0.1, 0.15) is 22.7 Å². The van der Waals surface area contributed by atoms with Crippen LogP contribution in [0.25, 0.3) is 11.0 Å². The third-order valence-corrected chi connectivity index (χ3v) is 3.54. The summed E-state index contributed by atoms with van der Waals surface area (Å²) in [6.45, 7) is 2.09. The van der Waals surface area contributed by atoms with E-state index in [0.29, 0.717) is 0 Å². The van der Waals surface area contributed by atoms with Crippen LogP contribution in [-0.2, 0) is 0 Å². The van der Waals surface area contributed by atoms with Crippen molar-refractivity contribution in [2.24, 2.45) is 0 Å². The fraction of sp³-hybridized carbons (Fsp3) is 0.188. The number of hydrogen-bond acceptors (Lipinski definition) is 2. The van der Waals surface area contributed by atoms with Crippen molar-refractivity contribution < 1.29 is 0 Å². The van der Waals surface area contributed by atoms with E-state index in [1.165, 1.54) is 11.1 Å². The summed E-state index contributed by atoms with van der Waals surface area (Å²) in [5.41, 5.74) is 5.07. The van der Waals surface area contributed by atoms with E-state index in [2.05, 4.69) is 46.5 Å². The lowest BCUT2D eigenvalue weighted by Gasteiger charge is -2.17. The topological polar surface area (TPSA) is 60.7 Å². The zero-order valence-electron chi connectivity index (χ0n) is 11.5. The van der Waals surface area contributed by atoms with E-state index in [0.717, 1.165) is 16.6 Å². The van der Waals surface area contributed by atoms with E-state index < -0.39 is 0 Å². The average Bonchev–Trinajstić information content (AvgIpc) is 2.79. The molecule has 3 N–H and O–H groups in total. The number of benzene rings is 2. The highest BCUT2D eigenvalue weighted by Crippen LogP contribution is 2.24. The van der Waals surface area contributed by atoms with Gasteiger partial charge >= 0.3 is 5.69 Å². The molecule has 2 aromatic carbocycles. The lowest BCUT2D eigenvalue weighted by molar-refractivity contribution is 0.692. The Hall–Kier alpha value is -2.33. The van der Waals surface area contributed by atoms with E-state index in [1.54, 1.807) is 0 Å². The Bertz CT molecular complexity index is 801. The molecule has 0 aliphatic heterocycles. The number of H-pyrrole nitrogens is 2. The largest absolute Gasteiger partial charge is 0.323 e. The summed E-state index contributed by atoms with van der Waals surface area (Å²) in [7, 11) is 1.94. The van der Waals surface area contributed by atoms with Crippen LogP contribution in [0.15, 0.2) is 47.3 Å². The minimum atomic E-state index is -0.172. The molecule has 3 aromatic rings. The average molecular weight is 267 g/mol. The van der Waals surface area contributed by atoms with Crippen molar-refractivity contribution in [1.82, 2.24) is 15.3 Å². The molecule has 0 fully saturated rings. The molecule has 1 aromatic heterocycles. The Morgan fingerprint density at radius 2 is 1.75 bits per heavy atom. The van der Waals surface area contributed by atoms with Crippen LogP contribution in [-0.4, -0.2) is 17.0 Å². The molecule has 1 unspecified atom stereocenters. The van der Waals surface area contributed by atoms with Crippen molar-refractivity contribution in [2.75, 3.05) is 7.05 Å². The van der Waals surface area contributed by atoms with Crippen molar-refractivity contribution in [2.45, 2.75) is 13.0 Å². The monoisotopic (exact) mass is 267 g/mol. The molecule has 4 heteroatoms. The quantitative estimate of drug-likeness (QED) is 0.682. The first-order valence-electron chi connectivity index (χ1n) is 6.63. The Morgan fingerprint density at radius 1 is 1.00 bits per heavy atom. The highest BCUT2D eigenvalue weighted by Gasteiger charge is 2.13. The van der Waals surface area contributed by atoms with Gasteiger partial charge in [-0.3, -0.25) is 0 Å². The molecule has 1 heterocycles. The number of fused-ring (bicyclic) bond motifs is 1. The lowest BCUT2D eigenvalue weighted by Crippen LogP contribution is -2.17. The van der Waals surface area contributed by atoms with E-state index in [9.17, 15) is 4.79 Å². The van der Waals surface area contributed by atoms with Gasteiger partial charge < -0.3 is 15.3 Å². The molecule has 0 aliphatic rings. The number of nitrogens with one attached hydrogen (secondary N) is 3. The van der Waals surface area contributed by atoms with Gasteiger partial charge in [-0.1, -0.05) is 35.9 Å². The van der Waals surface area contributed by atoms with Crippen LogP contribution in [0.3, 0.4) is 0 Å². The summed E-state index contributed by atoms with van der Waals surface area (Å²) in [4.78, 5) is 16.9. The molecular formula is C16H17N3O. The molecule has 0 spiro atoms. The van der Waals surface area contributed by atoms with Crippen LogP contribution in [0.2, 0.25) is 0 Å². The Balaban J connectivity index is 2.08. The fourth-order valence-electron chi connectivity index (χ4n) is 2.61. The molecule has 1 atom stereocenters. The van der Waals surface area contributed by atoms with Crippen molar-refractivity contribution in [1.29, 1.82) is 0 Å². The van der Waals surface area contributed by atoms with Gasteiger partial charge in [-0.05, 0) is 37.2 Å². The molecular weight excluding hydrogens is 250 g/mol. The predicted molar refractivity (Wildman–Crippen MR) is 81.0 cm³/mol. The zero-order chi connectivity index (χ0) is 14.1. The van der Waals surface area contributed by atoms with Crippen LogP contribution in [0, 0.1) is 6.92 Å². The van der Waals surface area contributed by atoms with Gasteiger partial charge in [0.05, 0.1) is 17.1 Å². The summed E-state index contributed by atoms with van der Waals surface area (Å²) in [5.74, 6) is 0. The molecule has 20 heavy (non-hydrogen) atoms.